The van der Waals surface area contributed by atoms with Gasteiger partial charge in [0, 0.05) is 33.1 Å². The van der Waals surface area contributed by atoms with Gasteiger partial charge in [0.2, 0.25) is 15.9 Å². The highest BCUT2D eigenvalue weighted by molar-refractivity contribution is 7.89. The Morgan fingerprint density at radius 1 is 1.44 bits per heavy atom. The van der Waals surface area contributed by atoms with Crippen molar-refractivity contribution in [2.45, 2.75) is 25.8 Å². The van der Waals surface area contributed by atoms with Gasteiger partial charge in [-0.15, -0.1) is 0 Å². The highest BCUT2D eigenvalue weighted by Crippen LogP contribution is 1.94. The van der Waals surface area contributed by atoms with Gasteiger partial charge in [0.1, 0.15) is 0 Å². The van der Waals surface area contributed by atoms with E-state index in [1.54, 1.807) is 0 Å². The summed E-state index contributed by atoms with van der Waals surface area (Å²) in [6.07, 6.45) is 0.960. The first-order valence-electron chi connectivity index (χ1n) is 5.22. The molecule has 96 valence electrons. The van der Waals surface area contributed by atoms with Gasteiger partial charge >= 0.3 is 0 Å². The number of amides is 1. The zero-order valence-corrected chi connectivity index (χ0v) is 10.9. The van der Waals surface area contributed by atoms with Crippen molar-refractivity contribution < 1.29 is 13.2 Å². The van der Waals surface area contributed by atoms with Crippen LogP contribution in [0.4, 0.5) is 0 Å². The Balaban J connectivity index is 3.87. The molecule has 0 aliphatic rings. The summed E-state index contributed by atoms with van der Waals surface area (Å²) >= 11 is 0. The van der Waals surface area contributed by atoms with Crippen LogP contribution in [0.25, 0.3) is 0 Å². The van der Waals surface area contributed by atoms with Crippen molar-refractivity contribution in [3.63, 3.8) is 0 Å². The summed E-state index contributed by atoms with van der Waals surface area (Å²) < 4.78 is 23.8. The Labute approximate surface area is 97.2 Å². The van der Waals surface area contributed by atoms with E-state index in [4.69, 9.17) is 5.73 Å². The van der Waals surface area contributed by atoms with Crippen molar-refractivity contribution in [2.75, 3.05) is 26.4 Å². The van der Waals surface area contributed by atoms with Gasteiger partial charge in [0.25, 0.3) is 0 Å². The fourth-order valence-corrected chi connectivity index (χ4v) is 1.68. The largest absolute Gasteiger partial charge is 0.355 e. The summed E-state index contributed by atoms with van der Waals surface area (Å²) in [6.45, 7) is 2.02. The van der Waals surface area contributed by atoms with Crippen LogP contribution in [-0.4, -0.2) is 51.1 Å². The molecule has 0 spiro atoms. The van der Waals surface area contributed by atoms with Crippen LogP contribution in [-0.2, 0) is 14.8 Å². The molecule has 6 nitrogen and oxygen atoms in total. The second kappa shape index (κ2) is 6.82. The fraction of sp³-hybridized carbons (Fsp3) is 0.889. The maximum atomic E-state index is 11.3. The molecule has 0 saturated carbocycles. The number of nitrogens with zero attached hydrogens (tertiary/aromatic N) is 1. The minimum Gasteiger partial charge on any atom is -0.355 e. The Bertz CT molecular complexity index is 314. The Hall–Kier alpha value is -0.660. The van der Waals surface area contributed by atoms with E-state index in [2.05, 4.69) is 5.32 Å². The van der Waals surface area contributed by atoms with E-state index in [1.165, 1.54) is 14.1 Å². The Kier molecular flexibility index (Phi) is 6.54. The smallest absolute Gasteiger partial charge is 0.221 e. The van der Waals surface area contributed by atoms with Gasteiger partial charge in [-0.05, 0) is 6.42 Å². The molecule has 0 aromatic heterocycles. The molecule has 0 bridgehead atoms. The van der Waals surface area contributed by atoms with E-state index in [0.29, 0.717) is 0 Å². The lowest BCUT2D eigenvalue weighted by molar-refractivity contribution is -0.121. The van der Waals surface area contributed by atoms with E-state index >= 15 is 0 Å². The van der Waals surface area contributed by atoms with Gasteiger partial charge in [-0.1, -0.05) is 6.92 Å². The molecule has 0 radical (unpaired) electrons. The van der Waals surface area contributed by atoms with Crippen molar-refractivity contribution in [1.82, 2.24) is 9.62 Å². The number of carbonyl (C=O) groups is 1. The van der Waals surface area contributed by atoms with Crippen LogP contribution in [0, 0.1) is 0 Å². The van der Waals surface area contributed by atoms with Gasteiger partial charge in [-0.2, -0.15) is 0 Å². The molecule has 0 heterocycles. The summed E-state index contributed by atoms with van der Waals surface area (Å²) in [7, 11) is -0.316. The molecular weight excluding hydrogens is 230 g/mol. The van der Waals surface area contributed by atoms with Crippen molar-refractivity contribution in [2.24, 2.45) is 5.73 Å². The number of rotatable bonds is 7. The molecule has 0 aliphatic carbocycles. The van der Waals surface area contributed by atoms with E-state index in [9.17, 15) is 13.2 Å². The number of sulfonamides is 1. The average molecular weight is 251 g/mol. The van der Waals surface area contributed by atoms with E-state index < -0.39 is 10.0 Å². The molecule has 16 heavy (non-hydrogen) atoms. The van der Waals surface area contributed by atoms with Gasteiger partial charge in [-0.25, -0.2) is 12.7 Å². The standard InChI is InChI=1S/C9H21N3O3S/c1-4-8(10)7-9(13)11-5-6-16(14,15)12(2)3/h8H,4-7,10H2,1-3H3,(H,11,13). The SMILES string of the molecule is CCC(N)CC(=O)NCCS(=O)(=O)N(C)C. The molecule has 1 amide bonds. The van der Waals surface area contributed by atoms with Crippen LogP contribution in [0.5, 0.6) is 0 Å². The minimum atomic E-state index is -3.24. The normalized spacial score (nSPS) is 13.8. The first-order valence-corrected chi connectivity index (χ1v) is 6.83. The van der Waals surface area contributed by atoms with E-state index in [1.807, 2.05) is 6.92 Å². The summed E-state index contributed by atoms with van der Waals surface area (Å²) in [5.41, 5.74) is 5.59. The lowest BCUT2D eigenvalue weighted by Gasteiger charge is -2.12. The maximum Gasteiger partial charge on any atom is 0.221 e. The van der Waals surface area contributed by atoms with Crippen LogP contribution < -0.4 is 11.1 Å². The van der Waals surface area contributed by atoms with Crippen molar-refractivity contribution in [3.8, 4) is 0 Å². The molecule has 1 unspecified atom stereocenters. The second-order valence-electron chi connectivity index (χ2n) is 3.82. The summed E-state index contributed by atoms with van der Waals surface area (Å²) in [4.78, 5) is 11.3. The summed E-state index contributed by atoms with van der Waals surface area (Å²) in [6, 6.07) is -0.162. The summed E-state index contributed by atoms with van der Waals surface area (Å²) in [5, 5.41) is 2.53. The number of hydrogen-bond acceptors (Lipinski definition) is 4. The van der Waals surface area contributed by atoms with Crippen molar-refractivity contribution >= 4 is 15.9 Å². The first-order chi connectivity index (χ1) is 7.29. The van der Waals surface area contributed by atoms with Crippen LogP contribution in [0.2, 0.25) is 0 Å². The van der Waals surface area contributed by atoms with Crippen LogP contribution in [0.15, 0.2) is 0 Å². The third-order valence-corrected chi connectivity index (χ3v) is 4.04. The topological polar surface area (TPSA) is 92.5 Å². The lowest BCUT2D eigenvalue weighted by Crippen LogP contribution is -2.36. The number of hydrogen-bond donors (Lipinski definition) is 2. The van der Waals surface area contributed by atoms with Crippen molar-refractivity contribution in [3.05, 3.63) is 0 Å². The molecule has 7 heteroatoms. The molecular formula is C9H21N3O3S. The van der Waals surface area contributed by atoms with Gasteiger partial charge in [0.05, 0.1) is 5.75 Å². The van der Waals surface area contributed by atoms with Crippen LogP contribution >= 0.6 is 0 Å². The molecule has 0 aromatic rings. The Morgan fingerprint density at radius 2 is 2.00 bits per heavy atom. The van der Waals surface area contributed by atoms with E-state index in [0.717, 1.165) is 10.7 Å². The molecule has 1 atom stereocenters. The monoisotopic (exact) mass is 251 g/mol. The molecule has 0 aromatic carbocycles. The van der Waals surface area contributed by atoms with Gasteiger partial charge in [0.15, 0.2) is 0 Å². The minimum absolute atomic E-state index is 0.0902. The van der Waals surface area contributed by atoms with Gasteiger partial charge < -0.3 is 11.1 Å². The van der Waals surface area contributed by atoms with E-state index in [-0.39, 0.29) is 30.7 Å². The fourth-order valence-electron chi connectivity index (χ4n) is 0.957. The quantitative estimate of drug-likeness (QED) is 0.614. The third kappa shape index (κ3) is 6.04. The number of nitrogens with one attached hydrogen (secondary N) is 1. The molecule has 3 N–H and O–H groups in total. The maximum absolute atomic E-state index is 11.3. The predicted octanol–water partition coefficient (Wildman–Crippen LogP) is -0.879. The third-order valence-electron chi connectivity index (χ3n) is 2.21. The second-order valence-corrected chi connectivity index (χ2v) is 6.12. The number of nitrogens with two attached hydrogens (primary N) is 1. The Morgan fingerprint density at radius 3 is 2.44 bits per heavy atom. The summed E-state index contributed by atoms with van der Waals surface area (Å²) in [5.74, 6) is -0.295. The highest BCUT2D eigenvalue weighted by atomic mass is 32.2. The molecule has 0 aliphatic heterocycles. The number of carbonyl (C=O) groups excluding carboxylic acids is 1. The highest BCUT2D eigenvalue weighted by Gasteiger charge is 2.14. The lowest BCUT2D eigenvalue weighted by atomic mass is 10.1. The predicted molar refractivity (Wildman–Crippen MR) is 63.4 cm³/mol. The van der Waals surface area contributed by atoms with Crippen LogP contribution in [0.1, 0.15) is 19.8 Å². The zero-order chi connectivity index (χ0) is 12.8. The average Bonchev–Trinajstić information content (AvgIpc) is 2.16. The molecule has 0 fully saturated rings. The first kappa shape index (κ1) is 15.3. The zero-order valence-electron chi connectivity index (χ0n) is 10.1. The van der Waals surface area contributed by atoms with Gasteiger partial charge in [-0.3, -0.25) is 4.79 Å². The molecule has 0 rings (SSSR count). The molecule has 0 saturated heterocycles. The van der Waals surface area contributed by atoms with Crippen molar-refractivity contribution in [1.29, 1.82) is 0 Å². The van der Waals surface area contributed by atoms with Crippen LogP contribution in [0.3, 0.4) is 0 Å².